The molecule has 10 nitrogen and oxygen atoms in total. The SMILES string of the molecule is COc1cc(OC)c(NS(=O)(=O)c2ccc(C)c(C(=O)N3CCN(c4ncccn4)CC3)c2)cc1Cl. The minimum atomic E-state index is -4.06. The van der Waals surface area contributed by atoms with Gasteiger partial charge in [-0.1, -0.05) is 17.7 Å². The summed E-state index contributed by atoms with van der Waals surface area (Å²) in [5.74, 6) is 0.972. The van der Waals surface area contributed by atoms with Crippen molar-refractivity contribution in [3.8, 4) is 11.5 Å². The maximum Gasteiger partial charge on any atom is 0.262 e. The number of halogens is 1. The molecule has 1 aliphatic rings. The number of amides is 1. The van der Waals surface area contributed by atoms with Crippen molar-refractivity contribution in [1.82, 2.24) is 14.9 Å². The lowest BCUT2D eigenvalue weighted by molar-refractivity contribution is 0.0745. The molecule has 1 fully saturated rings. The molecule has 0 aliphatic carbocycles. The zero-order valence-corrected chi connectivity index (χ0v) is 21.6. The Balaban J connectivity index is 1.54. The van der Waals surface area contributed by atoms with Gasteiger partial charge in [0.05, 0.1) is 29.8 Å². The van der Waals surface area contributed by atoms with Gasteiger partial charge in [-0.05, 0) is 36.8 Å². The number of piperazine rings is 1. The smallest absolute Gasteiger partial charge is 0.262 e. The zero-order chi connectivity index (χ0) is 25.9. The average molecular weight is 532 g/mol. The van der Waals surface area contributed by atoms with Crippen LogP contribution in [0, 0.1) is 6.92 Å². The maximum absolute atomic E-state index is 13.3. The van der Waals surface area contributed by atoms with Crippen molar-refractivity contribution in [1.29, 1.82) is 0 Å². The number of nitrogens with one attached hydrogen (secondary N) is 1. The van der Waals surface area contributed by atoms with E-state index in [1.54, 1.807) is 36.4 Å². The predicted molar refractivity (Wildman–Crippen MR) is 137 cm³/mol. The largest absolute Gasteiger partial charge is 0.495 e. The summed E-state index contributed by atoms with van der Waals surface area (Å²) in [6.07, 6.45) is 3.36. The third kappa shape index (κ3) is 5.31. The highest BCUT2D eigenvalue weighted by molar-refractivity contribution is 7.92. The summed E-state index contributed by atoms with van der Waals surface area (Å²) in [6, 6.07) is 9.12. The van der Waals surface area contributed by atoms with Crippen LogP contribution in [0.1, 0.15) is 15.9 Å². The summed E-state index contributed by atoms with van der Waals surface area (Å²) in [7, 11) is -1.20. The number of carbonyl (C=O) groups excluding carboxylic acids is 1. The number of hydrogen-bond donors (Lipinski definition) is 1. The van der Waals surface area contributed by atoms with Crippen molar-refractivity contribution in [3.63, 3.8) is 0 Å². The summed E-state index contributed by atoms with van der Waals surface area (Å²) in [5, 5.41) is 0.218. The van der Waals surface area contributed by atoms with Gasteiger partial charge >= 0.3 is 0 Å². The number of methoxy groups -OCH3 is 2. The Labute approximate surface area is 214 Å². The Hall–Kier alpha value is -3.57. The highest BCUT2D eigenvalue weighted by Gasteiger charge is 2.26. The van der Waals surface area contributed by atoms with E-state index < -0.39 is 10.0 Å². The number of aryl methyl sites for hydroxylation is 1. The molecule has 4 rings (SSSR count). The van der Waals surface area contributed by atoms with E-state index in [2.05, 4.69) is 14.7 Å². The van der Waals surface area contributed by atoms with E-state index in [0.29, 0.717) is 49.0 Å². The number of rotatable bonds is 7. The van der Waals surface area contributed by atoms with Gasteiger partial charge in [0.15, 0.2) is 0 Å². The van der Waals surface area contributed by atoms with E-state index >= 15 is 0 Å². The second-order valence-electron chi connectivity index (χ2n) is 8.10. The number of nitrogens with zero attached hydrogens (tertiary/aromatic N) is 4. The second-order valence-corrected chi connectivity index (χ2v) is 10.2. The van der Waals surface area contributed by atoms with Gasteiger partial charge in [-0.25, -0.2) is 18.4 Å². The van der Waals surface area contributed by atoms with Gasteiger partial charge in [0.2, 0.25) is 5.95 Å². The van der Waals surface area contributed by atoms with Gasteiger partial charge < -0.3 is 19.3 Å². The predicted octanol–water partition coefficient (Wildman–Crippen LogP) is 3.22. The number of ether oxygens (including phenoxy) is 2. The molecular weight excluding hydrogens is 506 g/mol. The Morgan fingerprint density at radius 3 is 2.31 bits per heavy atom. The summed E-state index contributed by atoms with van der Waals surface area (Å²) < 4.78 is 39.4. The van der Waals surface area contributed by atoms with E-state index in [1.165, 1.54) is 38.5 Å². The van der Waals surface area contributed by atoms with Gasteiger partial charge in [-0.3, -0.25) is 9.52 Å². The molecule has 0 saturated carbocycles. The Bertz CT molecular complexity index is 1360. The van der Waals surface area contributed by atoms with Crippen molar-refractivity contribution < 1.29 is 22.7 Å². The number of benzene rings is 2. The lowest BCUT2D eigenvalue weighted by atomic mass is 10.1. The monoisotopic (exact) mass is 531 g/mol. The Morgan fingerprint density at radius 1 is 1.00 bits per heavy atom. The lowest BCUT2D eigenvalue weighted by Gasteiger charge is -2.35. The highest BCUT2D eigenvalue weighted by atomic mass is 35.5. The van der Waals surface area contributed by atoms with Crippen LogP contribution in [0.3, 0.4) is 0 Å². The number of aromatic nitrogens is 2. The fourth-order valence-corrected chi connectivity index (χ4v) is 5.20. The van der Waals surface area contributed by atoms with Crippen LogP contribution in [0.5, 0.6) is 11.5 Å². The minimum Gasteiger partial charge on any atom is -0.495 e. The minimum absolute atomic E-state index is 0.0539. The fraction of sp³-hybridized carbons (Fsp3) is 0.292. The molecule has 1 N–H and O–H groups in total. The van der Waals surface area contributed by atoms with E-state index in [0.717, 1.165) is 0 Å². The molecule has 1 saturated heterocycles. The van der Waals surface area contributed by atoms with Gasteiger partial charge in [0, 0.05) is 50.2 Å². The zero-order valence-electron chi connectivity index (χ0n) is 20.1. The summed E-state index contributed by atoms with van der Waals surface area (Å²) in [4.78, 5) is 25.5. The van der Waals surface area contributed by atoms with E-state index in [-0.39, 0.29) is 27.3 Å². The molecule has 0 radical (unpaired) electrons. The maximum atomic E-state index is 13.3. The van der Waals surface area contributed by atoms with Crippen LogP contribution >= 0.6 is 11.6 Å². The van der Waals surface area contributed by atoms with E-state index in [9.17, 15) is 13.2 Å². The number of sulfonamides is 1. The van der Waals surface area contributed by atoms with Gasteiger partial charge in [0.1, 0.15) is 11.5 Å². The topological polar surface area (TPSA) is 114 Å². The molecular formula is C24H26ClN5O5S. The normalized spacial score (nSPS) is 13.9. The molecule has 0 spiro atoms. The molecule has 0 unspecified atom stereocenters. The van der Waals surface area contributed by atoms with Crippen molar-refractivity contribution in [2.75, 3.05) is 50.0 Å². The molecule has 1 amide bonds. The number of anilines is 2. The second kappa shape index (κ2) is 10.6. The van der Waals surface area contributed by atoms with Crippen LogP contribution in [0.2, 0.25) is 5.02 Å². The molecule has 1 aromatic heterocycles. The van der Waals surface area contributed by atoms with Gasteiger partial charge in [0.25, 0.3) is 15.9 Å². The first-order chi connectivity index (χ1) is 17.2. The molecule has 36 heavy (non-hydrogen) atoms. The van der Waals surface area contributed by atoms with Crippen LogP contribution in [0.15, 0.2) is 53.7 Å². The molecule has 0 atom stereocenters. The first kappa shape index (κ1) is 25.5. The van der Waals surface area contributed by atoms with Crippen molar-refractivity contribution in [2.45, 2.75) is 11.8 Å². The first-order valence-corrected chi connectivity index (χ1v) is 13.0. The summed E-state index contributed by atoms with van der Waals surface area (Å²) in [6.45, 7) is 3.86. The van der Waals surface area contributed by atoms with Crippen LogP contribution in [0.4, 0.5) is 11.6 Å². The molecule has 1 aliphatic heterocycles. The summed E-state index contributed by atoms with van der Waals surface area (Å²) in [5.41, 5.74) is 1.15. The Morgan fingerprint density at radius 2 is 1.67 bits per heavy atom. The Kier molecular flexibility index (Phi) is 7.51. The van der Waals surface area contributed by atoms with Crippen molar-refractivity contribution in [3.05, 3.63) is 64.9 Å². The van der Waals surface area contributed by atoms with Crippen LogP contribution in [0.25, 0.3) is 0 Å². The third-order valence-electron chi connectivity index (χ3n) is 5.87. The fourth-order valence-electron chi connectivity index (χ4n) is 3.88. The standard InChI is InChI=1S/C24H26ClN5O5S/c1-16-5-6-17(36(32,33)28-20-14-19(25)21(34-2)15-22(20)35-3)13-18(16)23(31)29-9-11-30(12-10-29)24-26-7-4-8-27-24/h4-8,13-15,28H,9-12H2,1-3H3. The number of carbonyl (C=O) groups is 1. The molecule has 2 aromatic carbocycles. The van der Waals surface area contributed by atoms with E-state index in [4.69, 9.17) is 21.1 Å². The molecule has 190 valence electrons. The third-order valence-corrected chi connectivity index (χ3v) is 7.53. The molecule has 12 heteroatoms. The summed E-state index contributed by atoms with van der Waals surface area (Å²) >= 11 is 6.18. The first-order valence-electron chi connectivity index (χ1n) is 11.1. The molecule has 0 bridgehead atoms. The average Bonchev–Trinajstić information content (AvgIpc) is 2.89. The van der Waals surface area contributed by atoms with E-state index in [1.807, 2.05) is 4.90 Å². The van der Waals surface area contributed by atoms with Gasteiger partial charge in [-0.15, -0.1) is 0 Å². The lowest BCUT2D eigenvalue weighted by Crippen LogP contribution is -2.49. The van der Waals surface area contributed by atoms with Crippen molar-refractivity contribution >= 4 is 39.2 Å². The molecule has 2 heterocycles. The van der Waals surface area contributed by atoms with Gasteiger partial charge in [-0.2, -0.15) is 0 Å². The van der Waals surface area contributed by atoms with Crippen molar-refractivity contribution in [2.24, 2.45) is 0 Å². The quantitative estimate of drug-likeness (QED) is 0.494. The van der Waals surface area contributed by atoms with Crippen LogP contribution < -0.4 is 19.1 Å². The number of hydrogen-bond acceptors (Lipinski definition) is 8. The molecule has 3 aromatic rings. The highest BCUT2D eigenvalue weighted by Crippen LogP contribution is 2.37. The van der Waals surface area contributed by atoms with Crippen LogP contribution in [-0.2, 0) is 10.0 Å². The van der Waals surface area contributed by atoms with Crippen LogP contribution in [-0.4, -0.2) is 69.6 Å².